The first-order valence-electron chi connectivity index (χ1n) is 9.52. The van der Waals surface area contributed by atoms with E-state index in [0.29, 0.717) is 33.6 Å². The van der Waals surface area contributed by atoms with E-state index in [1.165, 1.54) is 34.1 Å². The molecule has 1 aromatic heterocycles. The summed E-state index contributed by atoms with van der Waals surface area (Å²) < 4.78 is 14.3. The first-order chi connectivity index (χ1) is 14.5. The quantitative estimate of drug-likeness (QED) is 0.304. The number of thioether (sulfide) groups is 1. The van der Waals surface area contributed by atoms with Crippen LogP contribution in [0.25, 0.3) is 0 Å². The molecule has 1 saturated heterocycles. The summed E-state index contributed by atoms with van der Waals surface area (Å²) in [6.07, 6.45) is 5.02. The van der Waals surface area contributed by atoms with Crippen LogP contribution in [0.15, 0.2) is 40.8 Å². The number of carbonyl (C=O) groups is 3. The van der Waals surface area contributed by atoms with E-state index in [1.807, 2.05) is 12.2 Å². The van der Waals surface area contributed by atoms with E-state index >= 15 is 0 Å². The van der Waals surface area contributed by atoms with E-state index in [9.17, 15) is 18.8 Å². The molecule has 1 fully saturated rings. The van der Waals surface area contributed by atoms with Crippen molar-refractivity contribution in [2.75, 3.05) is 11.9 Å². The number of likely N-dealkylation sites (tertiary alicyclic amines) is 1. The molecule has 30 heavy (non-hydrogen) atoms. The fourth-order valence-electron chi connectivity index (χ4n) is 3.56. The van der Waals surface area contributed by atoms with Gasteiger partial charge in [0.1, 0.15) is 5.82 Å². The standard InChI is InChI=1S/C20H19FN4O3S2/c21-15-8-4-1-5-12(15)11-29-20-24-23-19(30-20)22-16(26)9-10-25-17(27)13-6-2-3-7-14(13)18(25)28/h1-5,8,13-14H,6-7,9-11H2,(H,22,23,26)/t13-,14-/m1/s1. The van der Waals surface area contributed by atoms with Crippen molar-refractivity contribution in [1.82, 2.24) is 15.1 Å². The number of imide groups is 1. The van der Waals surface area contributed by atoms with Gasteiger partial charge in [-0.2, -0.15) is 0 Å². The Balaban J connectivity index is 1.26. The molecule has 4 rings (SSSR count). The van der Waals surface area contributed by atoms with Crippen molar-refractivity contribution in [3.05, 3.63) is 47.8 Å². The third-order valence-electron chi connectivity index (χ3n) is 5.12. The molecule has 3 amide bonds. The van der Waals surface area contributed by atoms with E-state index < -0.39 is 0 Å². The smallest absolute Gasteiger partial charge is 0.233 e. The largest absolute Gasteiger partial charge is 0.300 e. The van der Waals surface area contributed by atoms with E-state index in [4.69, 9.17) is 0 Å². The highest BCUT2D eigenvalue weighted by atomic mass is 32.2. The minimum atomic E-state index is -0.342. The van der Waals surface area contributed by atoms with Crippen molar-refractivity contribution >= 4 is 46.0 Å². The predicted octanol–water partition coefficient (Wildman–Crippen LogP) is 3.25. The summed E-state index contributed by atoms with van der Waals surface area (Å²) in [4.78, 5) is 38.3. The summed E-state index contributed by atoms with van der Waals surface area (Å²) in [5.41, 5.74) is 0.569. The fourth-order valence-corrected chi connectivity index (χ4v) is 5.31. The molecule has 1 aliphatic heterocycles. The maximum Gasteiger partial charge on any atom is 0.233 e. The lowest BCUT2D eigenvalue weighted by Crippen LogP contribution is -2.34. The SMILES string of the molecule is O=C(CCN1C(=O)[C@@H]2CC=CC[C@H]2C1=O)Nc1nnc(SCc2ccccc2F)s1. The fraction of sp³-hybridized carbons (Fsp3) is 0.350. The van der Waals surface area contributed by atoms with Crippen LogP contribution in [0.3, 0.4) is 0 Å². The molecule has 0 spiro atoms. The minimum absolute atomic E-state index is 0.00162. The number of nitrogens with one attached hydrogen (secondary N) is 1. The molecule has 156 valence electrons. The maximum absolute atomic E-state index is 13.7. The van der Waals surface area contributed by atoms with Gasteiger partial charge >= 0.3 is 0 Å². The summed E-state index contributed by atoms with van der Waals surface area (Å²) in [6, 6.07) is 6.52. The van der Waals surface area contributed by atoms with Crippen LogP contribution >= 0.6 is 23.1 Å². The number of allylic oxidation sites excluding steroid dienone is 2. The number of rotatable bonds is 7. The zero-order valence-corrected chi connectivity index (χ0v) is 17.5. The summed E-state index contributed by atoms with van der Waals surface area (Å²) >= 11 is 2.52. The number of anilines is 1. The molecular formula is C20H19FN4O3S2. The number of aromatic nitrogens is 2. The van der Waals surface area contributed by atoms with Gasteiger partial charge < -0.3 is 5.32 Å². The van der Waals surface area contributed by atoms with Gasteiger partial charge in [-0.1, -0.05) is 53.4 Å². The third-order valence-corrected chi connectivity index (χ3v) is 7.14. The summed E-state index contributed by atoms with van der Waals surface area (Å²) in [5, 5.41) is 10.9. The highest BCUT2D eigenvalue weighted by molar-refractivity contribution is 8.00. The van der Waals surface area contributed by atoms with Gasteiger partial charge in [-0.3, -0.25) is 19.3 Å². The number of hydrogen-bond donors (Lipinski definition) is 1. The Labute approximate surface area is 180 Å². The second-order valence-corrected chi connectivity index (χ2v) is 9.24. The lowest BCUT2D eigenvalue weighted by atomic mass is 9.85. The van der Waals surface area contributed by atoms with Gasteiger partial charge in [-0.15, -0.1) is 10.2 Å². The number of amides is 3. The maximum atomic E-state index is 13.7. The lowest BCUT2D eigenvalue weighted by Gasteiger charge is -2.14. The van der Waals surface area contributed by atoms with Crippen LogP contribution in [0.4, 0.5) is 9.52 Å². The molecule has 2 atom stereocenters. The van der Waals surface area contributed by atoms with E-state index in [2.05, 4.69) is 15.5 Å². The average Bonchev–Trinajstić information content (AvgIpc) is 3.29. The summed E-state index contributed by atoms with van der Waals surface area (Å²) in [5.74, 6) is -1.17. The number of hydrogen-bond acceptors (Lipinski definition) is 7. The Morgan fingerprint density at radius 2 is 1.87 bits per heavy atom. The molecule has 2 aliphatic rings. The molecule has 10 heteroatoms. The molecule has 7 nitrogen and oxygen atoms in total. The van der Waals surface area contributed by atoms with Gasteiger partial charge in [-0.05, 0) is 24.5 Å². The normalized spacial score (nSPS) is 20.5. The van der Waals surface area contributed by atoms with Crippen molar-refractivity contribution in [2.45, 2.75) is 29.4 Å². The van der Waals surface area contributed by atoms with Crippen LogP contribution in [0, 0.1) is 17.7 Å². The highest BCUT2D eigenvalue weighted by Crippen LogP contribution is 2.35. The number of carbonyl (C=O) groups excluding carboxylic acids is 3. The molecule has 0 unspecified atom stereocenters. The lowest BCUT2D eigenvalue weighted by molar-refractivity contribution is -0.140. The zero-order chi connectivity index (χ0) is 21.1. The molecule has 0 bridgehead atoms. The van der Waals surface area contributed by atoms with Crippen molar-refractivity contribution < 1.29 is 18.8 Å². The Bertz CT molecular complexity index is 983. The van der Waals surface area contributed by atoms with Crippen molar-refractivity contribution in [2.24, 2.45) is 11.8 Å². The Kier molecular flexibility index (Phi) is 6.24. The van der Waals surface area contributed by atoms with E-state index in [1.54, 1.807) is 18.2 Å². The van der Waals surface area contributed by atoms with Crippen LogP contribution < -0.4 is 5.32 Å². The van der Waals surface area contributed by atoms with Crippen LogP contribution in [-0.2, 0) is 20.1 Å². The van der Waals surface area contributed by atoms with Gasteiger partial charge in [-0.25, -0.2) is 4.39 Å². The molecule has 2 aromatic rings. The Hall–Kier alpha value is -2.59. The minimum Gasteiger partial charge on any atom is -0.300 e. The summed E-state index contributed by atoms with van der Waals surface area (Å²) in [7, 11) is 0. The first-order valence-corrected chi connectivity index (χ1v) is 11.3. The number of fused-ring (bicyclic) bond motifs is 1. The molecule has 1 N–H and O–H groups in total. The van der Waals surface area contributed by atoms with Gasteiger partial charge in [0.25, 0.3) is 0 Å². The van der Waals surface area contributed by atoms with Crippen LogP contribution in [0.2, 0.25) is 0 Å². The van der Waals surface area contributed by atoms with Gasteiger partial charge in [0, 0.05) is 18.7 Å². The summed E-state index contributed by atoms with van der Waals surface area (Å²) in [6.45, 7) is 0.0597. The monoisotopic (exact) mass is 446 g/mol. The van der Waals surface area contributed by atoms with Crippen molar-refractivity contribution in [1.29, 1.82) is 0 Å². The molecule has 1 aromatic carbocycles. The topological polar surface area (TPSA) is 92.3 Å². The number of halogens is 1. The number of benzene rings is 1. The Morgan fingerprint density at radius 1 is 1.17 bits per heavy atom. The van der Waals surface area contributed by atoms with Gasteiger partial charge in [0.2, 0.25) is 22.9 Å². The van der Waals surface area contributed by atoms with E-state index in [-0.39, 0.29) is 48.3 Å². The molecular weight excluding hydrogens is 427 g/mol. The molecule has 0 radical (unpaired) electrons. The van der Waals surface area contributed by atoms with Crippen LogP contribution in [0.5, 0.6) is 0 Å². The van der Waals surface area contributed by atoms with Crippen molar-refractivity contribution in [3.8, 4) is 0 Å². The van der Waals surface area contributed by atoms with E-state index in [0.717, 1.165) is 0 Å². The highest BCUT2D eigenvalue weighted by Gasteiger charge is 2.46. The average molecular weight is 447 g/mol. The van der Waals surface area contributed by atoms with Crippen LogP contribution in [0.1, 0.15) is 24.8 Å². The van der Waals surface area contributed by atoms with Crippen LogP contribution in [-0.4, -0.2) is 39.4 Å². The molecule has 0 saturated carbocycles. The Morgan fingerprint density at radius 3 is 2.57 bits per heavy atom. The predicted molar refractivity (Wildman–Crippen MR) is 111 cm³/mol. The van der Waals surface area contributed by atoms with Gasteiger partial charge in [0.15, 0.2) is 4.34 Å². The first kappa shape index (κ1) is 20.7. The second kappa shape index (κ2) is 9.05. The molecule has 2 heterocycles. The zero-order valence-electron chi connectivity index (χ0n) is 15.9. The van der Waals surface area contributed by atoms with Gasteiger partial charge in [0.05, 0.1) is 11.8 Å². The molecule has 1 aliphatic carbocycles. The third kappa shape index (κ3) is 4.44. The van der Waals surface area contributed by atoms with Crippen molar-refractivity contribution in [3.63, 3.8) is 0 Å². The number of nitrogens with zero attached hydrogens (tertiary/aromatic N) is 3. The second-order valence-electron chi connectivity index (χ2n) is 7.04.